The van der Waals surface area contributed by atoms with E-state index >= 15 is 0 Å². The SMILES string of the molecule is C=CCC(O)(CC)CCOC(=O)C(CC(C)(C)C)C(C)(C)C. The van der Waals surface area contributed by atoms with Crippen molar-refractivity contribution in [3.63, 3.8) is 0 Å². The van der Waals surface area contributed by atoms with Gasteiger partial charge in [-0.15, -0.1) is 6.58 Å². The molecular formula is C19H36O3. The van der Waals surface area contributed by atoms with Crippen LogP contribution in [0, 0.1) is 16.7 Å². The molecule has 0 bridgehead atoms. The Morgan fingerprint density at radius 2 is 1.77 bits per heavy atom. The molecule has 0 aliphatic rings. The van der Waals surface area contributed by atoms with Gasteiger partial charge < -0.3 is 9.84 Å². The Labute approximate surface area is 137 Å². The lowest BCUT2D eigenvalue weighted by Crippen LogP contribution is -2.35. The summed E-state index contributed by atoms with van der Waals surface area (Å²) in [6, 6.07) is 0. The molecule has 1 N–H and O–H groups in total. The summed E-state index contributed by atoms with van der Waals surface area (Å²) in [4.78, 5) is 12.5. The molecular weight excluding hydrogens is 276 g/mol. The molecule has 0 aromatic rings. The van der Waals surface area contributed by atoms with Crippen molar-refractivity contribution in [1.29, 1.82) is 0 Å². The van der Waals surface area contributed by atoms with Gasteiger partial charge in [0.25, 0.3) is 0 Å². The summed E-state index contributed by atoms with van der Waals surface area (Å²) in [6.45, 7) is 18.5. The lowest BCUT2D eigenvalue weighted by atomic mass is 9.72. The molecule has 0 saturated heterocycles. The summed E-state index contributed by atoms with van der Waals surface area (Å²) >= 11 is 0. The monoisotopic (exact) mass is 312 g/mol. The Balaban J connectivity index is 4.69. The molecule has 0 amide bonds. The third kappa shape index (κ3) is 7.98. The van der Waals surface area contributed by atoms with Crippen LogP contribution in [0.1, 0.15) is 74.1 Å². The van der Waals surface area contributed by atoms with Crippen molar-refractivity contribution in [2.45, 2.75) is 79.8 Å². The summed E-state index contributed by atoms with van der Waals surface area (Å²) in [7, 11) is 0. The Hall–Kier alpha value is -0.830. The van der Waals surface area contributed by atoms with Gasteiger partial charge >= 0.3 is 5.97 Å². The number of rotatable bonds is 8. The largest absolute Gasteiger partial charge is 0.465 e. The van der Waals surface area contributed by atoms with E-state index in [0.717, 1.165) is 6.42 Å². The predicted octanol–water partition coefficient (Wildman–Crippen LogP) is 4.74. The highest BCUT2D eigenvalue weighted by atomic mass is 16.5. The molecule has 0 aliphatic carbocycles. The maximum atomic E-state index is 12.5. The van der Waals surface area contributed by atoms with Crippen LogP contribution in [-0.4, -0.2) is 23.3 Å². The summed E-state index contributed by atoms with van der Waals surface area (Å²) in [5.74, 6) is -0.291. The van der Waals surface area contributed by atoms with Crippen LogP contribution < -0.4 is 0 Å². The Bertz CT molecular complexity index is 360. The lowest BCUT2D eigenvalue weighted by Gasteiger charge is -2.34. The van der Waals surface area contributed by atoms with E-state index in [4.69, 9.17) is 4.74 Å². The van der Waals surface area contributed by atoms with E-state index in [1.54, 1.807) is 6.08 Å². The first-order valence-corrected chi connectivity index (χ1v) is 8.34. The van der Waals surface area contributed by atoms with Crippen LogP contribution in [0.2, 0.25) is 0 Å². The van der Waals surface area contributed by atoms with Gasteiger partial charge in [0.05, 0.1) is 18.1 Å². The summed E-state index contributed by atoms with van der Waals surface area (Å²) in [6.07, 6.45) is 4.10. The Morgan fingerprint density at radius 1 is 1.23 bits per heavy atom. The first kappa shape index (κ1) is 21.2. The zero-order valence-corrected chi connectivity index (χ0v) is 15.7. The average molecular weight is 312 g/mol. The fourth-order valence-electron chi connectivity index (χ4n) is 2.49. The van der Waals surface area contributed by atoms with Crippen LogP contribution in [0.15, 0.2) is 12.7 Å². The Morgan fingerprint density at radius 3 is 2.14 bits per heavy atom. The molecule has 3 heteroatoms. The first-order chi connectivity index (χ1) is 9.84. The summed E-state index contributed by atoms with van der Waals surface area (Å²) in [5.41, 5.74) is -0.875. The average Bonchev–Trinajstić information content (AvgIpc) is 2.34. The third-order valence-corrected chi connectivity index (χ3v) is 4.14. The molecule has 0 fully saturated rings. The van der Waals surface area contributed by atoms with Crippen LogP contribution in [0.5, 0.6) is 0 Å². The van der Waals surface area contributed by atoms with Crippen molar-refractivity contribution < 1.29 is 14.6 Å². The second-order valence-electron chi connectivity index (χ2n) is 8.67. The zero-order chi connectivity index (χ0) is 17.6. The number of hydrogen-bond acceptors (Lipinski definition) is 3. The normalized spacial score (nSPS) is 16.7. The fourth-order valence-corrected chi connectivity index (χ4v) is 2.49. The number of esters is 1. The number of hydrogen-bond donors (Lipinski definition) is 1. The molecule has 0 aromatic heterocycles. The van der Waals surface area contributed by atoms with E-state index in [0.29, 0.717) is 19.3 Å². The highest BCUT2D eigenvalue weighted by Crippen LogP contribution is 2.37. The van der Waals surface area contributed by atoms with Crippen LogP contribution in [-0.2, 0) is 9.53 Å². The number of aliphatic hydroxyl groups is 1. The van der Waals surface area contributed by atoms with Crippen molar-refractivity contribution >= 4 is 5.97 Å². The first-order valence-electron chi connectivity index (χ1n) is 8.34. The summed E-state index contributed by atoms with van der Waals surface area (Å²) in [5, 5.41) is 10.4. The minimum atomic E-state index is -0.816. The second-order valence-corrected chi connectivity index (χ2v) is 8.67. The molecule has 0 aromatic carbocycles. The van der Waals surface area contributed by atoms with Gasteiger partial charge in [-0.2, -0.15) is 0 Å². The van der Waals surface area contributed by atoms with E-state index in [2.05, 4.69) is 48.1 Å². The molecule has 2 unspecified atom stereocenters. The number of ether oxygens (including phenoxy) is 1. The maximum Gasteiger partial charge on any atom is 0.309 e. The van der Waals surface area contributed by atoms with Gasteiger partial charge in [-0.1, -0.05) is 54.5 Å². The highest BCUT2D eigenvalue weighted by molar-refractivity contribution is 5.73. The molecule has 0 rings (SSSR count). The van der Waals surface area contributed by atoms with Crippen LogP contribution in [0.25, 0.3) is 0 Å². The zero-order valence-electron chi connectivity index (χ0n) is 15.7. The topological polar surface area (TPSA) is 46.5 Å². The molecule has 3 nitrogen and oxygen atoms in total. The van der Waals surface area contributed by atoms with Crippen LogP contribution >= 0.6 is 0 Å². The molecule has 0 spiro atoms. The number of carbonyl (C=O) groups is 1. The predicted molar refractivity (Wildman–Crippen MR) is 92.6 cm³/mol. The lowest BCUT2D eigenvalue weighted by molar-refractivity contribution is -0.155. The van der Waals surface area contributed by atoms with E-state index in [1.165, 1.54) is 0 Å². The molecule has 2 atom stereocenters. The fraction of sp³-hybridized carbons (Fsp3) is 0.842. The highest BCUT2D eigenvalue weighted by Gasteiger charge is 2.36. The van der Waals surface area contributed by atoms with Crippen molar-refractivity contribution in [2.75, 3.05) is 6.61 Å². The maximum absolute atomic E-state index is 12.5. The minimum Gasteiger partial charge on any atom is -0.465 e. The van der Waals surface area contributed by atoms with Crippen molar-refractivity contribution in [1.82, 2.24) is 0 Å². The van der Waals surface area contributed by atoms with Gasteiger partial charge in [0.1, 0.15) is 0 Å². The van der Waals surface area contributed by atoms with Gasteiger partial charge in [0.15, 0.2) is 0 Å². The minimum absolute atomic E-state index is 0.0734. The standard InChI is InChI=1S/C19H36O3/c1-9-11-19(21,10-2)12-13-22-16(20)15(18(6,7)8)14-17(3,4)5/h9,15,21H,1,10-14H2,2-8H3. The second kappa shape index (κ2) is 8.14. The van der Waals surface area contributed by atoms with Gasteiger partial charge in [0, 0.05) is 6.42 Å². The molecule has 22 heavy (non-hydrogen) atoms. The molecule has 0 radical (unpaired) electrons. The van der Waals surface area contributed by atoms with Crippen molar-refractivity contribution in [3.8, 4) is 0 Å². The van der Waals surface area contributed by atoms with Gasteiger partial charge in [-0.05, 0) is 30.1 Å². The molecule has 0 aliphatic heterocycles. The smallest absolute Gasteiger partial charge is 0.309 e. The quantitative estimate of drug-likeness (QED) is 0.520. The van der Waals surface area contributed by atoms with E-state index in [-0.39, 0.29) is 29.3 Å². The van der Waals surface area contributed by atoms with Crippen molar-refractivity contribution in [2.24, 2.45) is 16.7 Å². The molecule has 0 saturated carbocycles. The van der Waals surface area contributed by atoms with Gasteiger partial charge in [0.2, 0.25) is 0 Å². The summed E-state index contributed by atoms with van der Waals surface area (Å²) < 4.78 is 5.49. The van der Waals surface area contributed by atoms with Crippen molar-refractivity contribution in [3.05, 3.63) is 12.7 Å². The Kier molecular flexibility index (Phi) is 7.84. The van der Waals surface area contributed by atoms with E-state index < -0.39 is 5.60 Å². The number of carbonyl (C=O) groups excluding carboxylic acids is 1. The molecule has 0 heterocycles. The van der Waals surface area contributed by atoms with Crippen LogP contribution in [0.4, 0.5) is 0 Å². The van der Waals surface area contributed by atoms with E-state index in [1.807, 2.05) is 6.92 Å². The molecule has 130 valence electrons. The van der Waals surface area contributed by atoms with E-state index in [9.17, 15) is 9.90 Å². The van der Waals surface area contributed by atoms with Crippen LogP contribution in [0.3, 0.4) is 0 Å². The van der Waals surface area contributed by atoms with Gasteiger partial charge in [-0.3, -0.25) is 4.79 Å². The van der Waals surface area contributed by atoms with Gasteiger partial charge in [-0.25, -0.2) is 0 Å². The third-order valence-electron chi connectivity index (χ3n) is 4.14.